The Hall–Kier alpha value is -1.06. The van der Waals surface area contributed by atoms with E-state index >= 15 is 0 Å². The molecule has 0 N–H and O–H groups in total. The summed E-state index contributed by atoms with van der Waals surface area (Å²) in [6, 6.07) is 8.60. The van der Waals surface area contributed by atoms with Crippen LogP contribution in [0.1, 0.15) is 19.4 Å². The molecule has 102 valence electrons. The fraction of sp³-hybridized carbons (Fsp3) is 0.600. The van der Waals surface area contributed by atoms with E-state index in [-0.39, 0.29) is 0 Å². The third-order valence-electron chi connectivity index (χ3n) is 2.82. The molecular weight excluding hydrogens is 226 g/mol. The van der Waals surface area contributed by atoms with E-state index < -0.39 is 0 Å². The van der Waals surface area contributed by atoms with Gasteiger partial charge in [0.2, 0.25) is 0 Å². The maximum absolute atomic E-state index is 5.43. The minimum Gasteiger partial charge on any atom is -0.380 e. The minimum atomic E-state index is 0.760. The molecule has 0 aliphatic rings. The number of rotatable bonds is 9. The molecule has 1 aromatic rings. The van der Waals surface area contributed by atoms with Crippen molar-refractivity contribution in [3.8, 4) is 0 Å². The molecule has 1 aromatic carbocycles. The predicted octanol–water partition coefficient (Wildman–Crippen LogP) is 2.87. The molecule has 1 rings (SSSR count). The van der Waals surface area contributed by atoms with E-state index in [1.165, 1.54) is 11.3 Å². The third-order valence-corrected chi connectivity index (χ3v) is 2.82. The van der Waals surface area contributed by atoms with E-state index in [1.807, 2.05) is 13.8 Å². The predicted molar refractivity (Wildman–Crippen MR) is 76.4 cm³/mol. The zero-order valence-corrected chi connectivity index (χ0v) is 11.8. The number of benzene rings is 1. The molecule has 0 saturated carbocycles. The first kappa shape index (κ1) is 15.0. The van der Waals surface area contributed by atoms with Crippen LogP contribution in [0.4, 0.5) is 5.69 Å². The Labute approximate surface area is 111 Å². The minimum absolute atomic E-state index is 0.760. The SMILES string of the molecule is CCOCCN(CCOCC)c1ccc(C)cc1. The van der Waals surface area contributed by atoms with Crippen LogP contribution < -0.4 is 4.90 Å². The summed E-state index contributed by atoms with van der Waals surface area (Å²) in [7, 11) is 0. The summed E-state index contributed by atoms with van der Waals surface area (Å²) < 4.78 is 10.9. The molecule has 3 heteroatoms. The highest BCUT2D eigenvalue weighted by Crippen LogP contribution is 2.14. The van der Waals surface area contributed by atoms with Crippen LogP contribution in [0.5, 0.6) is 0 Å². The summed E-state index contributed by atoms with van der Waals surface area (Å²) in [6.07, 6.45) is 0. The van der Waals surface area contributed by atoms with Gasteiger partial charge in [0.05, 0.1) is 13.2 Å². The summed E-state index contributed by atoms with van der Waals surface area (Å²) >= 11 is 0. The second-order valence-electron chi connectivity index (χ2n) is 4.22. The largest absolute Gasteiger partial charge is 0.380 e. The summed E-state index contributed by atoms with van der Waals surface area (Å²) in [5, 5.41) is 0. The molecule has 18 heavy (non-hydrogen) atoms. The van der Waals surface area contributed by atoms with Crippen LogP contribution in [0.3, 0.4) is 0 Å². The smallest absolute Gasteiger partial charge is 0.0641 e. The number of nitrogens with zero attached hydrogens (tertiary/aromatic N) is 1. The molecule has 0 fully saturated rings. The van der Waals surface area contributed by atoms with Gasteiger partial charge < -0.3 is 14.4 Å². The van der Waals surface area contributed by atoms with E-state index in [0.717, 1.165) is 39.5 Å². The zero-order chi connectivity index (χ0) is 13.2. The fourth-order valence-corrected chi connectivity index (χ4v) is 1.76. The molecule has 3 nitrogen and oxygen atoms in total. The molecule has 0 atom stereocenters. The van der Waals surface area contributed by atoms with Gasteiger partial charge in [-0.25, -0.2) is 0 Å². The van der Waals surface area contributed by atoms with Gasteiger partial charge in [-0.15, -0.1) is 0 Å². The average molecular weight is 251 g/mol. The maximum Gasteiger partial charge on any atom is 0.0641 e. The quantitative estimate of drug-likeness (QED) is 0.630. The van der Waals surface area contributed by atoms with Crippen molar-refractivity contribution in [2.24, 2.45) is 0 Å². The number of aryl methyl sites for hydroxylation is 1. The van der Waals surface area contributed by atoms with Crippen LogP contribution in [-0.4, -0.2) is 39.5 Å². The van der Waals surface area contributed by atoms with Crippen molar-refractivity contribution in [3.63, 3.8) is 0 Å². The normalized spacial score (nSPS) is 10.6. The van der Waals surface area contributed by atoms with Gasteiger partial charge in [0, 0.05) is 32.0 Å². The van der Waals surface area contributed by atoms with Crippen molar-refractivity contribution >= 4 is 5.69 Å². The van der Waals surface area contributed by atoms with Gasteiger partial charge in [-0.2, -0.15) is 0 Å². The zero-order valence-electron chi connectivity index (χ0n) is 11.8. The monoisotopic (exact) mass is 251 g/mol. The summed E-state index contributed by atoms with van der Waals surface area (Å²) in [4.78, 5) is 2.31. The first-order valence-corrected chi connectivity index (χ1v) is 6.75. The van der Waals surface area contributed by atoms with Crippen molar-refractivity contribution in [3.05, 3.63) is 29.8 Å². The van der Waals surface area contributed by atoms with Crippen LogP contribution in [0.2, 0.25) is 0 Å². The number of anilines is 1. The Bertz CT molecular complexity index is 301. The van der Waals surface area contributed by atoms with Gasteiger partial charge in [-0.3, -0.25) is 0 Å². The molecule has 0 aliphatic carbocycles. The number of ether oxygens (including phenoxy) is 2. The number of hydrogen-bond donors (Lipinski definition) is 0. The van der Waals surface area contributed by atoms with Gasteiger partial charge in [-0.1, -0.05) is 17.7 Å². The first-order valence-electron chi connectivity index (χ1n) is 6.75. The second kappa shape index (κ2) is 8.95. The Morgan fingerprint density at radius 2 is 1.39 bits per heavy atom. The maximum atomic E-state index is 5.43. The van der Waals surface area contributed by atoms with Crippen LogP contribution in [-0.2, 0) is 9.47 Å². The van der Waals surface area contributed by atoms with Crippen LogP contribution >= 0.6 is 0 Å². The summed E-state index contributed by atoms with van der Waals surface area (Å²) in [5.41, 5.74) is 2.52. The lowest BCUT2D eigenvalue weighted by Gasteiger charge is -2.24. The molecule has 0 unspecified atom stereocenters. The van der Waals surface area contributed by atoms with Crippen LogP contribution in [0.25, 0.3) is 0 Å². The molecule has 0 aliphatic heterocycles. The lowest BCUT2D eigenvalue weighted by Crippen LogP contribution is -2.31. The van der Waals surface area contributed by atoms with E-state index in [9.17, 15) is 0 Å². The molecule has 0 aromatic heterocycles. The van der Waals surface area contributed by atoms with Crippen molar-refractivity contribution < 1.29 is 9.47 Å². The van der Waals surface area contributed by atoms with E-state index in [4.69, 9.17) is 9.47 Å². The Morgan fingerprint density at radius 1 is 0.889 bits per heavy atom. The lowest BCUT2D eigenvalue weighted by atomic mass is 10.2. The topological polar surface area (TPSA) is 21.7 Å². The fourth-order valence-electron chi connectivity index (χ4n) is 1.76. The number of hydrogen-bond acceptors (Lipinski definition) is 3. The van der Waals surface area contributed by atoms with E-state index in [1.54, 1.807) is 0 Å². The summed E-state index contributed by atoms with van der Waals surface area (Å²) in [5.74, 6) is 0. The molecular formula is C15H25NO2. The third kappa shape index (κ3) is 5.52. The standard InChI is InChI=1S/C15H25NO2/c1-4-17-12-10-16(11-13-18-5-2)15-8-6-14(3)7-9-15/h6-9H,4-5,10-13H2,1-3H3. The highest BCUT2D eigenvalue weighted by Gasteiger charge is 2.05. The molecule has 0 saturated heterocycles. The van der Waals surface area contributed by atoms with Crippen molar-refractivity contribution in [1.29, 1.82) is 0 Å². The van der Waals surface area contributed by atoms with Gasteiger partial charge in [-0.05, 0) is 32.9 Å². The molecule has 0 radical (unpaired) electrons. The van der Waals surface area contributed by atoms with Crippen LogP contribution in [0, 0.1) is 6.92 Å². The summed E-state index contributed by atoms with van der Waals surface area (Å²) in [6.45, 7) is 11.0. The van der Waals surface area contributed by atoms with E-state index in [2.05, 4.69) is 36.1 Å². The molecule has 0 spiro atoms. The first-order chi connectivity index (χ1) is 8.77. The molecule has 0 amide bonds. The van der Waals surface area contributed by atoms with Crippen molar-refractivity contribution in [2.75, 3.05) is 44.4 Å². The Kier molecular flexibility index (Phi) is 7.46. The van der Waals surface area contributed by atoms with Gasteiger partial charge in [0.15, 0.2) is 0 Å². The Balaban J connectivity index is 2.54. The van der Waals surface area contributed by atoms with E-state index in [0.29, 0.717) is 0 Å². The van der Waals surface area contributed by atoms with Crippen molar-refractivity contribution in [2.45, 2.75) is 20.8 Å². The second-order valence-corrected chi connectivity index (χ2v) is 4.22. The van der Waals surface area contributed by atoms with Gasteiger partial charge in [0.1, 0.15) is 0 Å². The molecule has 0 heterocycles. The molecule has 0 bridgehead atoms. The average Bonchev–Trinajstić information content (AvgIpc) is 2.38. The Morgan fingerprint density at radius 3 is 1.83 bits per heavy atom. The van der Waals surface area contributed by atoms with Gasteiger partial charge in [0.25, 0.3) is 0 Å². The highest BCUT2D eigenvalue weighted by molar-refractivity contribution is 5.47. The van der Waals surface area contributed by atoms with Crippen molar-refractivity contribution in [1.82, 2.24) is 0 Å². The lowest BCUT2D eigenvalue weighted by molar-refractivity contribution is 0.141. The van der Waals surface area contributed by atoms with Gasteiger partial charge >= 0.3 is 0 Å². The van der Waals surface area contributed by atoms with Crippen LogP contribution in [0.15, 0.2) is 24.3 Å². The highest BCUT2D eigenvalue weighted by atomic mass is 16.5.